The van der Waals surface area contributed by atoms with Gasteiger partial charge in [0.15, 0.2) is 0 Å². The van der Waals surface area contributed by atoms with Crippen molar-refractivity contribution in [1.82, 2.24) is 65.4 Å². The van der Waals surface area contributed by atoms with Crippen molar-refractivity contribution in [2.75, 3.05) is 114 Å². The van der Waals surface area contributed by atoms with E-state index >= 15 is 56.7 Å². The van der Waals surface area contributed by atoms with Crippen molar-refractivity contribution < 1.29 is 102 Å². The number of alkyl halides is 8. The number of carbonyl (C=O) groups excluding carboxylic acids is 12. The molecule has 1 spiro atoms. The topological polar surface area (TPSA) is 301 Å². The summed E-state index contributed by atoms with van der Waals surface area (Å²) in [5.41, 5.74) is -1.70. The molecule has 0 aromatic heterocycles. The van der Waals surface area contributed by atoms with Crippen LogP contribution in [0.15, 0.2) is 0 Å². The Kier molecular flexibility index (Phi) is 31.8. The van der Waals surface area contributed by atoms with Gasteiger partial charge in [0.05, 0.1) is 44.7 Å². The quantitative estimate of drug-likeness (QED) is 0.161. The molecule has 2 bridgehead atoms. The van der Waals surface area contributed by atoms with E-state index in [-0.39, 0.29) is 123 Å². The van der Waals surface area contributed by atoms with E-state index in [4.69, 9.17) is 9.47 Å². The van der Waals surface area contributed by atoms with Gasteiger partial charge in [0.1, 0.15) is 72.1 Å². The highest BCUT2D eigenvalue weighted by Crippen LogP contribution is 2.46. The molecule has 9 rings (SSSR count). The Morgan fingerprint density at radius 1 is 0.588 bits per heavy atom. The van der Waals surface area contributed by atoms with Crippen LogP contribution in [0.4, 0.5) is 35.1 Å². The monoisotopic (exact) mass is 1630 g/mol. The van der Waals surface area contributed by atoms with Crippen LogP contribution in [0, 0.1) is 41.4 Å². The Balaban J connectivity index is 1.12. The van der Waals surface area contributed by atoms with Crippen LogP contribution in [0.2, 0.25) is 0 Å². The van der Waals surface area contributed by atoms with E-state index in [1.54, 1.807) is 20.8 Å². The summed E-state index contributed by atoms with van der Waals surface area (Å²) in [6.07, 6.45) is -13.8. The summed E-state index contributed by atoms with van der Waals surface area (Å²) in [5, 5.41) is 11.9. The normalized spacial score (nSPS) is 33.0. The van der Waals surface area contributed by atoms with Crippen LogP contribution in [-0.4, -0.2) is 314 Å². The van der Waals surface area contributed by atoms with Gasteiger partial charge in [0, 0.05) is 81.5 Å². The standard InChI is InChI=1S/C79H123F8N13O14/c1-10-47(3)66-74(110)93(5)46-64(103)94(6)57-22-13-12-16-32-99(73(57)109)61(39-48-23-26-52(27-24-48)78(82,83)84)71(107)92(4)45-62(101)89-56(28-25-49-37-54(80)65(55(81)38-49)79(85,86)87)70(106)100-44-53(114-11-2)41-59(100)69(105)91-77(29-18-30-77)76(112)97(9)67(51-20-14-15-21-51)75(111)96(8)60(72(108)98-33-35-113-36-34-98)42-63(102)95(7)58(68(104)90-66)40-50-19-17-31-88-43-50/h47-61,65-67,88H,10-46H2,1-9H3,(H,89,101)(H,90,104)(H,91,105)/t47-,48?,49?,50?,52?,53+,54?,55?,56-,57-,58-,59-,60-,61-,65?,66-,67-/m0/s1. The summed E-state index contributed by atoms with van der Waals surface area (Å²) >= 11 is 0. The Morgan fingerprint density at radius 3 is 1.82 bits per heavy atom. The molecule has 0 aromatic carbocycles. The number of ether oxygens (including phenoxy) is 2. The van der Waals surface area contributed by atoms with Gasteiger partial charge in [-0.05, 0) is 172 Å². The number of hydrogen-bond acceptors (Lipinski definition) is 15. The molecule has 4 aliphatic carbocycles. The molecule has 12 amide bonds. The minimum absolute atomic E-state index is 0.00787. The molecule has 27 nitrogen and oxygen atoms in total. The maximum atomic E-state index is 15.9. The van der Waals surface area contributed by atoms with Crippen molar-refractivity contribution in [3.8, 4) is 0 Å². The number of nitrogens with one attached hydrogen (secondary N) is 4. The third-order valence-electron chi connectivity index (χ3n) is 26.4. The van der Waals surface area contributed by atoms with Crippen molar-refractivity contribution >= 4 is 70.9 Å². The zero-order valence-electron chi connectivity index (χ0n) is 67.8. The number of fused-ring (bicyclic) bond motifs is 3. The first-order valence-corrected chi connectivity index (χ1v) is 41.6. The largest absolute Gasteiger partial charge is 0.397 e. The van der Waals surface area contributed by atoms with E-state index in [1.807, 2.05) is 0 Å². The van der Waals surface area contributed by atoms with Gasteiger partial charge in [-0.15, -0.1) is 0 Å². The molecule has 35 heteroatoms. The number of rotatable bonds is 13. The maximum absolute atomic E-state index is 15.9. The molecule has 644 valence electrons. The molecule has 9 aliphatic rings. The van der Waals surface area contributed by atoms with Crippen LogP contribution in [0.1, 0.15) is 188 Å². The highest BCUT2D eigenvalue weighted by molar-refractivity contribution is 6.01. The van der Waals surface area contributed by atoms with Gasteiger partial charge in [-0.2, -0.15) is 26.3 Å². The molecule has 5 saturated heterocycles. The number of likely N-dealkylation sites (N-methyl/N-ethyl adjacent to an activating group) is 6. The number of piperidine rings is 1. The van der Waals surface area contributed by atoms with E-state index in [9.17, 15) is 35.9 Å². The van der Waals surface area contributed by atoms with Gasteiger partial charge in [0.2, 0.25) is 70.9 Å². The maximum Gasteiger partial charge on any atom is 0.397 e. The summed E-state index contributed by atoms with van der Waals surface area (Å²) in [5.74, 6) is -16.6. The van der Waals surface area contributed by atoms with Crippen LogP contribution >= 0.6 is 0 Å². The van der Waals surface area contributed by atoms with E-state index < -0.39 is 230 Å². The molecule has 13 atom stereocenters. The molecule has 5 heterocycles. The minimum atomic E-state index is -5.22. The lowest BCUT2D eigenvalue weighted by molar-refractivity contribution is -0.219. The molecular formula is C79H123F8N13O14. The van der Waals surface area contributed by atoms with E-state index in [2.05, 4.69) is 21.3 Å². The van der Waals surface area contributed by atoms with Crippen molar-refractivity contribution in [3.05, 3.63) is 0 Å². The smallest absolute Gasteiger partial charge is 0.378 e. The van der Waals surface area contributed by atoms with Crippen LogP contribution in [0.25, 0.3) is 0 Å². The van der Waals surface area contributed by atoms with Gasteiger partial charge in [-0.25, -0.2) is 8.78 Å². The molecule has 3 unspecified atom stereocenters. The number of carbonyl (C=O) groups is 12. The molecule has 5 aliphatic heterocycles. The number of hydrogen-bond donors (Lipinski definition) is 4. The van der Waals surface area contributed by atoms with E-state index in [1.165, 1.54) is 71.7 Å². The van der Waals surface area contributed by atoms with Crippen molar-refractivity contribution in [2.45, 2.75) is 272 Å². The lowest BCUT2D eigenvalue weighted by Crippen LogP contribution is -2.68. The SMILES string of the molecule is CCO[C@@H]1C[C@H]2C(=O)NC3(CCC3)C(=O)N(C)[C@@H](C3CCCC3)C(=O)N(C)[C@H](C(=O)N3CCOCC3)CC(=O)N(C)[C@@H](CC3CCCNC3)C(=O)N[C@@H]([C@@H](C)CC)C(=O)N(C)CC(=O)N(C)[C@H]3CCCCCN(C3=O)[C@@H](CC3CCC(C(F)(F)F)CC3)C(=O)N(C)CC(=O)N[C@@H](CCC3CC(F)C(C(F)(F)F)C(F)C3)C(=O)N2C1. The Labute approximate surface area is 664 Å². The van der Waals surface area contributed by atoms with Crippen LogP contribution in [-0.2, 0) is 67.0 Å². The summed E-state index contributed by atoms with van der Waals surface area (Å²) < 4.78 is 127. The predicted molar refractivity (Wildman–Crippen MR) is 401 cm³/mol. The second-order valence-electron chi connectivity index (χ2n) is 34.0. The molecule has 0 radical (unpaired) electrons. The van der Waals surface area contributed by atoms with Crippen molar-refractivity contribution in [2.24, 2.45) is 41.4 Å². The summed E-state index contributed by atoms with van der Waals surface area (Å²) in [6.45, 7) is 5.13. The average molecular weight is 1630 g/mol. The third kappa shape index (κ3) is 22.0. The molecule has 4 saturated carbocycles. The van der Waals surface area contributed by atoms with E-state index in [0.717, 1.165) is 21.1 Å². The van der Waals surface area contributed by atoms with Gasteiger partial charge < -0.3 is 74.8 Å². The lowest BCUT2D eigenvalue weighted by Gasteiger charge is -2.47. The minimum Gasteiger partial charge on any atom is -0.378 e. The summed E-state index contributed by atoms with van der Waals surface area (Å²) in [6, 6.07) is -11.3. The second kappa shape index (κ2) is 39.9. The fraction of sp³-hybridized carbons (Fsp3) is 0.848. The highest BCUT2D eigenvalue weighted by Gasteiger charge is 2.57. The fourth-order valence-corrected chi connectivity index (χ4v) is 19.0. The van der Waals surface area contributed by atoms with Gasteiger partial charge in [-0.3, -0.25) is 57.5 Å². The average Bonchev–Trinajstić information content (AvgIpc) is 1.28. The number of nitrogens with zero attached hydrogens (tertiary/aromatic N) is 9. The Morgan fingerprint density at radius 2 is 1.23 bits per heavy atom. The Bertz CT molecular complexity index is 3360. The first-order valence-electron chi connectivity index (χ1n) is 41.6. The van der Waals surface area contributed by atoms with Gasteiger partial charge >= 0.3 is 12.4 Å². The molecule has 0 aromatic rings. The highest BCUT2D eigenvalue weighted by atomic mass is 19.4. The number of morpholine rings is 1. The first-order chi connectivity index (χ1) is 53.9. The molecule has 114 heavy (non-hydrogen) atoms. The third-order valence-corrected chi connectivity index (χ3v) is 26.4. The predicted octanol–water partition coefficient (Wildman–Crippen LogP) is 5.69. The zero-order chi connectivity index (χ0) is 83.4. The van der Waals surface area contributed by atoms with Gasteiger partial charge in [-0.1, -0.05) is 46.0 Å². The molecular weight excluding hydrogens is 1510 g/mol. The van der Waals surface area contributed by atoms with Crippen LogP contribution in [0.3, 0.4) is 0 Å². The zero-order valence-corrected chi connectivity index (χ0v) is 67.8. The summed E-state index contributed by atoms with van der Waals surface area (Å²) in [4.78, 5) is 195. The first kappa shape index (κ1) is 90.9. The second-order valence-corrected chi connectivity index (χ2v) is 34.0. The number of halogens is 8. The number of amides is 12. The van der Waals surface area contributed by atoms with Crippen LogP contribution in [0.5, 0.6) is 0 Å². The van der Waals surface area contributed by atoms with Crippen molar-refractivity contribution in [1.29, 1.82) is 0 Å². The molecule has 4 N–H and O–H groups in total. The Hall–Kier alpha value is -7.04. The lowest BCUT2D eigenvalue weighted by atomic mass is 9.74. The van der Waals surface area contributed by atoms with Crippen LogP contribution < -0.4 is 21.3 Å². The summed E-state index contributed by atoms with van der Waals surface area (Å²) in [7, 11) is 8.20. The van der Waals surface area contributed by atoms with Crippen molar-refractivity contribution in [3.63, 3.8) is 0 Å². The van der Waals surface area contributed by atoms with Gasteiger partial charge in [0.25, 0.3) is 0 Å². The fourth-order valence-electron chi connectivity index (χ4n) is 19.0. The van der Waals surface area contributed by atoms with E-state index in [0.29, 0.717) is 77.3 Å². The molecule has 9 fully saturated rings.